The first-order valence-electron chi connectivity index (χ1n) is 11.1. The minimum Gasteiger partial charge on any atom is -0.282 e. The van der Waals surface area contributed by atoms with E-state index >= 15 is 0 Å². The first kappa shape index (κ1) is 21.5. The molecule has 0 bridgehead atoms. The molecular weight excluding hydrogens is 440 g/mol. The molecule has 1 aliphatic carbocycles. The van der Waals surface area contributed by atoms with Crippen LogP contribution in [0.3, 0.4) is 0 Å². The number of rotatable bonds is 5. The molecule has 0 unspecified atom stereocenters. The van der Waals surface area contributed by atoms with Gasteiger partial charge in [-0.15, -0.1) is 11.3 Å². The number of fused-ring (bicyclic) bond motifs is 2. The zero-order chi connectivity index (χ0) is 23.1. The third-order valence-corrected chi connectivity index (χ3v) is 7.48. The van der Waals surface area contributed by atoms with Gasteiger partial charge in [-0.3, -0.25) is 29.5 Å². The van der Waals surface area contributed by atoms with E-state index in [0.29, 0.717) is 10.2 Å². The maximum atomic E-state index is 13.1. The maximum absolute atomic E-state index is 13.1. The molecule has 3 amide bonds. The standard InChI is InChI=1S/C24H24N4O4S/c1-14-6-8-15(9-7-14)18-12-33-21-20(18)24(32)28(13-25-21)26-19(29)10-11-27-22(30)16-4-2-3-5-17(16)23(27)31/h6-9,12-13,16-17H,2-5,10-11H2,1H3,(H,26,29)/t16-,17-/m0/s1. The Labute approximate surface area is 194 Å². The number of nitrogens with zero attached hydrogens (tertiary/aromatic N) is 3. The van der Waals surface area contributed by atoms with Crippen molar-refractivity contribution in [2.45, 2.75) is 39.0 Å². The Bertz CT molecular complexity index is 1290. The minimum absolute atomic E-state index is 0.0218. The van der Waals surface area contributed by atoms with Crippen LogP contribution < -0.4 is 11.0 Å². The Morgan fingerprint density at radius 1 is 1.09 bits per heavy atom. The molecule has 33 heavy (non-hydrogen) atoms. The second-order valence-corrected chi connectivity index (χ2v) is 9.58. The molecule has 1 saturated heterocycles. The van der Waals surface area contributed by atoms with Gasteiger partial charge in [0.25, 0.3) is 5.56 Å². The summed E-state index contributed by atoms with van der Waals surface area (Å²) in [7, 11) is 0. The quantitative estimate of drug-likeness (QED) is 0.585. The molecule has 1 aliphatic heterocycles. The zero-order valence-electron chi connectivity index (χ0n) is 18.2. The first-order valence-corrected chi connectivity index (χ1v) is 12.0. The summed E-state index contributed by atoms with van der Waals surface area (Å²) in [6, 6.07) is 7.86. The van der Waals surface area contributed by atoms with Crippen LogP contribution in [0.4, 0.5) is 0 Å². The predicted molar refractivity (Wildman–Crippen MR) is 125 cm³/mol. The molecule has 2 aromatic heterocycles. The van der Waals surface area contributed by atoms with Crippen LogP contribution in [-0.4, -0.2) is 38.8 Å². The lowest BCUT2D eigenvalue weighted by atomic mass is 9.81. The fourth-order valence-corrected chi connectivity index (χ4v) is 5.72. The lowest BCUT2D eigenvalue weighted by Crippen LogP contribution is -2.37. The molecule has 170 valence electrons. The summed E-state index contributed by atoms with van der Waals surface area (Å²) >= 11 is 1.37. The molecule has 0 radical (unpaired) electrons. The molecule has 8 nitrogen and oxygen atoms in total. The monoisotopic (exact) mass is 464 g/mol. The molecule has 9 heteroatoms. The average molecular weight is 465 g/mol. The highest BCUT2D eigenvalue weighted by Crippen LogP contribution is 2.38. The number of nitrogens with one attached hydrogen (secondary N) is 1. The Hall–Kier alpha value is -3.33. The van der Waals surface area contributed by atoms with E-state index in [-0.39, 0.29) is 42.2 Å². The molecule has 2 atom stereocenters. The first-order chi connectivity index (χ1) is 15.9. The van der Waals surface area contributed by atoms with E-state index in [1.165, 1.54) is 22.6 Å². The van der Waals surface area contributed by atoms with Crippen molar-refractivity contribution in [3.63, 3.8) is 0 Å². The van der Waals surface area contributed by atoms with Crippen LogP contribution in [0.25, 0.3) is 21.3 Å². The second-order valence-electron chi connectivity index (χ2n) is 8.73. The highest BCUT2D eigenvalue weighted by Gasteiger charge is 2.47. The normalized spacial score (nSPS) is 20.3. The number of carbonyl (C=O) groups is 3. The third kappa shape index (κ3) is 3.86. The van der Waals surface area contributed by atoms with E-state index < -0.39 is 5.91 Å². The van der Waals surface area contributed by atoms with E-state index in [2.05, 4.69) is 10.4 Å². The van der Waals surface area contributed by atoms with Crippen molar-refractivity contribution in [1.29, 1.82) is 0 Å². The number of imide groups is 1. The van der Waals surface area contributed by atoms with Crippen LogP contribution in [0.1, 0.15) is 37.7 Å². The minimum atomic E-state index is -0.458. The summed E-state index contributed by atoms with van der Waals surface area (Å²) in [6.45, 7) is 2.02. The molecule has 1 N–H and O–H groups in total. The number of benzene rings is 1. The van der Waals surface area contributed by atoms with Crippen molar-refractivity contribution < 1.29 is 14.4 Å². The second kappa shape index (κ2) is 8.55. The molecular formula is C24H24N4O4S. The number of hydrogen-bond donors (Lipinski definition) is 1. The smallest absolute Gasteiger partial charge is 0.281 e. The lowest BCUT2D eigenvalue weighted by molar-refractivity contribution is -0.140. The van der Waals surface area contributed by atoms with Gasteiger partial charge in [0.05, 0.1) is 17.2 Å². The summed E-state index contributed by atoms with van der Waals surface area (Å²) < 4.78 is 1.07. The Morgan fingerprint density at radius 3 is 2.42 bits per heavy atom. The van der Waals surface area contributed by atoms with Crippen LogP contribution in [0.5, 0.6) is 0 Å². The van der Waals surface area contributed by atoms with Gasteiger partial charge >= 0.3 is 0 Å². The van der Waals surface area contributed by atoms with Crippen LogP contribution >= 0.6 is 11.3 Å². The molecule has 2 fully saturated rings. The number of carbonyl (C=O) groups excluding carboxylic acids is 3. The summed E-state index contributed by atoms with van der Waals surface area (Å²) in [5.41, 5.74) is 4.98. The molecule has 3 heterocycles. The number of hydrogen-bond acceptors (Lipinski definition) is 6. The largest absolute Gasteiger partial charge is 0.282 e. The van der Waals surface area contributed by atoms with Crippen molar-refractivity contribution in [2.75, 3.05) is 12.0 Å². The van der Waals surface area contributed by atoms with E-state index in [0.717, 1.165) is 47.0 Å². The number of aryl methyl sites for hydroxylation is 1. The Morgan fingerprint density at radius 2 is 1.76 bits per heavy atom. The van der Waals surface area contributed by atoms with Crippen molar-refractivity contribution >= 4 is 39.3 Å². The predicted octanol–water partition coefficient (Wildman–Crippen LogP) is 3.07. The van der Waals surface area contributed by atoms with Gasteiger partial charge in [0.1, 0.15) is 11.2 Å². The van der Waals surface area contributed by atoms with Crippen LogP contribution in [0.2, 0.25) is 0 Å². The summed E-state index contributed by atoms with van der Waals surface area (Å²) in [4.78, 5) is 57.0. The van der Waals surface area contributed by atoms with E-state index in [9.17, 15) is 19.2 Å². The molecule has 3 aromatic rings. The van der Waals surface area contributed by atoms with Gasteiger partial charge in [-0.1, -0.05) is 42.7 Å². The Balaban J connectivity index is 1.31. The molecule has 1 aromatic carbocycles. The van der Waals surface area contributed by atoms with Crippen LogP contribution in [0.15, 0.2) is 40.8 Å². The van der Waals surface area contributed by atoms with E-state index in [1.807, 2.05) is 36.6 Å². The van der Waals surface area contributed by atoms with Gasteiger partial charge in [-0.25, -0.2) is 9.66 Å². The average Bonchev–Trinajstić information content (AvgIpc) is 3.35. The maximum Gasteiger partial charge on any atom is 0.281 e. The van der Waals surface area contributed by atoms with Crippen molar-refractivity contribution in [3.8, 4) is 11.1 Å². The fraction of sp³-hybridized carbons (Fsp3) is 0.375. The number of aromatic nitrogens is 2. The number of thiophene rings is 1. The summed E-state index contributed by atoms with van der Waals surface area (Å²) in [6.07, 6.45) is 4.61. The van der Waals surface area contributed by atoms with Gasteiger partial charge < -0.3 is 0 Å². The van der Waals surface area contributed by atoms with Gasteiger partial charge in [0.2, 0.25) is 17.7 Å². The topological polar surface area (TPSA) is 101 Å². The molecule has 5 rings (SSSR count). The van der Waals surface area contributed by atoms with E-state index in [4.69, 9.17) is 0 Å². The molecule has 0 spiro atoms. The van der Waals surface area contributed by atoms with Crippen LogP contribution in [-0.2, 0) is 14.4 Å². The summed E-state index contributed by atoms with van der Waals surface area (Å²) in [5, 5.41) is 2.33. The van der Waals surface area contributed by atoms with Gasteiger partial charge in [0.15, 0.2) is 0 Å². The summed E-state index contributed by atoms with van der Waals surface area (Å²) in [5.74, 6) is -1.26. The number of amides is 3. The van der Waals surface area contributed by atoms with Gasteiger partial charge in [0, 0.05) is 23.9 Å². The van der Waals surface area contributed by atoms with Gasteiger partial charge in [-0.05, 0) is 25.3 Å². The zero-order valence-corrected chi connectivity index (χ0v) is 19.1. The SMILES string of the molecule is Cc1ccc(-c2csc3ncn(NC(=O)CCN4C(=O)[C@H]5CCCC[C@@H]5C4=O)c(=O)c23)cc1. The third-order valence-electron chi connectivity index (χ3n) is 6.60. The highest BCUT2D eigenvalue weighted by atomic mass is 32.1. The molecule has 1 saturated carbocycles. The number of likely N-dealkylation sites (tertiary alicyclic amines) is 1. The van der Waals surface area contributed by atoms with Crippen molar-refractivity contribution in [1.82, 2.24) is 14.6 Å². The van der Waals surface area contributed by atoms with Crippen molar-refractivity contribution in [2.24, 2.45) is 11.8 Å². The van der Waals surface area contributed by atoms with Crippen molar-refractivity contribution in [3.05, 3.63) is 51.9 Å². The fourth-order valence-electron chi connectivity index (χ4n) is 4.81. The molecule has 2 aliphatic rings. The lowest BCUT2D eigenvalue weighted by Gasteiger charge is -2.19. The Kier molecular flexibility index (Phi) is 5.57. The van der Waals surface area contributed by atoms with Gasteiger partial charge in [-0.2, -0.15) is 0 Å². The van der Waals surface area contributed by atoms with Crippen LogP contribution in [0, 0.1) is 18.8 Å². The highest BCUT2D eigenvalue weighted by molar-refractivity contribution is 7.17. The van der Waals surface area contributed by atoms with E-state index in [1.54, 1.807) is 0 Å².